The molecule has 1 saturated heterocycles. The summed E-state index contributed by atoms with van der Waals surface area (Å²) in [6.45, 7) is 6.02. The Balaban J connectivity index is 2.49. The molecular weight excluding hydrogens is 218 g/mol. The molecule has 1 aliphatic heterocycles. The molecule has 1 fully saturated rings. The number of hydrogen-bond donors (Lipinski definition) is 2. The Morgan fingerprint density at radius 3 is 2.29 bits per heavy atom. The number of hydrogen-bond acceptors (Lipinski definition) is 3. The van der Waals surface area contributed by atoms with Crippen molar-refractivity contribution in [3.05, 3.63) is 0 Å². The maximum atomic E-state index is 11.8. The van der Waals surface area contributed by atoms with Crippen LogP contribution in [0.1, 0.15) is 46.0 Å². The van der Waals surface area contributed by atoms with E-state index < -0.39 is 0 Å². The van der Waals surface area contributed by atoms with Gasteiger partial charge in [0.25, 0.3) is 0 Å². The standard InChI is InChI=1S/C12H23N3O2/c1-3-12(4-2)5-7-15(8-6-12)11(16)9-10(13)14-17/h17H,3-9H2,1-2H3,(H2,13,14). The molecule has 5 heteroatoms. The SMILES string of the molecule is CCC1(CC)CCN(C(=O)CC(N)=NO)CC1. The summed E-state index contributed by atoms with van der Waals surface area (Å²) in [6, 6.07) is 0. The van der Waals surface area contributed by atoms with Crippen LogP contribution in [0.4, 0.5) is 0 Å². The number of carbonyl (C=O) groups is 1. The first-order valence-corrected chi connectivity index (χ1v) is 6.31. The monoisotopic (exact) mass is 241 g/mol. The van der Waals surface area contributed by atoms with Crippen LogP contribution in [0, 0.1) is 5.41 Å². The van der Waals surface area contributed by atoms with Crippen LogP contribution >= 0.6 is 0 Å². The van der Waals surface area contributed by atoms with E-state index in [0.717, 1.165) is 25.9 Å². The van der Waals surface area contributed by atoms with Gasteiger partial charge >= 0.3 is 0 Å². The lowest BCUT2D eigenvalue weighted by atomic mass is 9.74. The summed E-state index contributed by atoms with van der Waals surface area (Å²) >= 11 is 0. The predicted octanol–water partition coefficient (Wildman–Crippen LogP) is 1.55. The highest BCUT2D eigenvalue weighted by atomic mass is 16.4. The quantitative estimate of drug-likeness (QED) is 0.339. The van der Waals surface area contributed by atoms with Crippen LogP contribution in [-0.2, 0) is 4.79 Å². The fourth-order valence-electron chi connectivity index (χ4n) is 2.49. The first-order chi connectivity index (χ1) is 8.06. The number of amidine groups is 1. The number of oxime groups is 1. The van der Waals surface area contributed by atoms with Gasteiger partial charge in [-0.3, -0.25) is 4.79 Å². The molecule has 1 aliphatic rings. The number of likely N-dealkylation sites (tertiary alicyclic amines) is 1. The molecule has 0 spiro atoms. The minimum Gasteiger partial charge on any atom is -0.409 e. The first kappa shape index (κ1) is 13.8. The second-order valence-electron chi connectivity index (χ2n) is 4.86. The van der Waals surface area contributed by atoms with Gasteiger partial charge in [0.05, 0.1) is 6.42 Å². The second kappa shape index (κ2) is 5.89. The van der Waals surface area contributed by atoms with Crippen molar-refractivity contribution in [3.63, 3.8) is 0 Å². The Morgan fingerprint density at radius 2 is 1.88 bits per heavy atom. The van der Waals surface area contributed by atoms with E-state index in [1.165, 1.54) is 12.8 Å². The molecule has 0 saturated carbocycles. The van der Waals surface area contributed by atoms with Gasteiger partial charge in [0.2, 0.25) is 5.91 Å². The highest BCUT2D eigenvalue weighted by Gasteiger charge is 2.32. The van der Waals surface area contributed by atoms with E-state index >= 15 is 0 Å². The van der Waals surface area contributed by atoms with Crippen LogP contribution in [0.2, 0.25) is 0 Å². The van der Waals surface area contributed by atoms with Gasteiger partial charge in [-0.05, 0) is 18.3 Å². The average molecular weight is 241 g/mol. The third-order valence-corrected chi connectivity index (χ3v) is 4.14. The van der Waals surface area contributed by atoms with Crippen molar-refractivity contribution < 1.29 is 10.0 Å². The van der Waals surface area contributed by atoms with Gasteiger partial charge in [0.15, 0.2) is 0 Å². The Hall–Kier alpha value is -1.26. The summed E-state index contributed by atoms with van der Waals surface area (Å²) in [7, 11) is 0. The fraction of sp³-hybridized carbons (Fsp3) is 0.833. The normalized spacial score (nSPS) is 20.4. The van der Waals surface area contributed by atoms with Gasteiger partial charge in [-0.2, -0.15) is 0 Å². The average Bonchev–Trinajstić information content (AvgIpc) is 2.38. The summed E-state index contributed by atoms with van der Waals surface area (Å²) in [5.41, 5.74) is 5.75. The summed E-state index contributed by atoms with van der Waals surface area (Å²) in [4.78, 5) is 13.6. The number of nitrogens with two attached hydrogens (primary N) is 1. The van der Waals surface area contributed by atoms with Crippen molar-refractivity contribution >= 4 is 11.7 Å². The van der Waals surface area contributed by atoms with E-state index in [0.29, 0.717) is 5.41 Å². The molecule has 0 aromatic heterocycles. The zero-order valence-corrected chi connectivity index (χ0v) is 10.8. The van der Waals surface area contributed by atoms with Crippen molar-refractivity contribution in [2.45, 2.75) is 46.0 Å². The molecule has 0 aromatic carbocycles. The summed E-state index contributed by atoms with van der Waals surface area (Å²) in [6.07, 6.45) is 4.48. The van der Waals surface area contributed by atoms with Crippen LogP contribution in [0.3, 0.4) is 0 Å². The molecule has 0 aliphatic carbocycles. The number of nitrogens with zero attached hydrogens (tertiary/aromatic N) is 2. The zero-order chi connectivity index (χ0) is 12.9. The molecule has 0 unspecified atom stereocenters. The summed E-state index contributed by atoms with van der Waals surface area (Å²) in [5, 5.41) is 11.3. The van der Waals surface area contributed by atoms with Gasteiger partial charge in [0.1, 0.15) is 5.84 Å². The largest absolute Gasteiger partial charge is 0.409 e. The van der Waals surface area contributed by atoms with Crippen molar-refractivity contribution in [1.82, 2.24) is 4.90 Å². The van der Waals surface area contributed by atoms with E-state index in [1.807, 2.05) is 4.90 Å². The molecule has 0 atom stereocenters. The molecule has 0 bridgehead atoms. The van der Waals surface area contributed by atoms with Gasteiger partial charge in [-0.25, -0.2) is 0 Å². The van der Waals surface area contributed by atoms with E-state index in [4.69, 9.17) is 10.9 Å². The first-order valence-electron chi connectivity index (χ1n) is 6.31. The zero-order valence-electron chi connectivity index (χ0n) is 10.8. The van der Waals surface area contributed by atoms with E-state index in [9.17, 15) is 4.79 Å². The minimum absolute atomic E-state index is 0.0156. The van der Waals surface area contributed by atoms with Crippen molar-refractivity contribution in [2.24, 2.45) is 16.3 Å². The highest BCUT2D eigenvalue weighted by Crippen LogP contribution is 2.37. The molecule has 1 rings (SSSR count). The van der Waals surface area contributed by atoms with Crippen LogP contribution in [0.5, 0.6) is 0 Å². The molecule has 0 radical (unpaired) electrons. The van der Waals surface area contributed by atoms with E-state index in [1.54, 1.807) is 0 Å². The number of rotatable bonds is 4. The highest BCUT2D eigenvalue weighted by molar-refractivity contribution is 5.98. The minimum atomic E-state index is -0.0406. The lowest BCUT2D eigenvalue weighted by molar-refractivity contribution is -0.132. The summed E-state index contributed by atoms with van der Waals surface area (Å²) in [5.74, 6) is -0.0566. The van der Waals surface area contributed by atoms with Gasteiger partial charge < -0.3 is 15.8 Å². The second-order valence-corrected chi connectivity index (χ2v) is 4.86. The molecule has 3 N–H and O–H groups in total. The Kier molecular flexibility index (Phi) is 4.78. The Labute approximate surface area is 103 Å². The van der Waals surface area contributed by atoms with Crippen LogP contribution < -0.4 is 5.73 Å². The molecule has 5 nitrogen and oxygen atoms in total. The van der Waals surface area contributed by atoms with E-state index in [2.05, 4.69) is 19.0 Å². The molecule has 1 amide bonds. The van der Waals surface area contributed by atoms with Crippen molar-refractivity contribution in [1.29, 1.82) is 0 Å². The van der Waals surface area contributed by atoms with Crippen LogP contribution in [0.15, 0.2) is 5.16 Å². The molecule has 0 aromatic rings. The Morgan fingerprint density at radius 1 is 1.35 bits per heavy atom. The maximum absolute atomic E-state index is 11.8. The smallest absolute Gasteiger partial charge is 0.230 e. The van der Waals surface area contributed by atoms with Crippen LogP contribution in [0.25, 0.3) is 0 Å². The van der Waals surface area contributed by atoms with Gasteiger partial charge in [-0.15, -0.1) is 0 Å². The van der Waals surface area contributed by atoms with E-state index in [-0.39, 0.29) is 18.2 Å². The predicted molar refractivity (Wildman–Crippen MR) is 66.9 cm³/mol. The maximum Gasteiger partial charge on any atom is 0.230 e. The topological polar surface area (TPSA) is 78.9 Å². The Bertz CT molecular complexity index is 288. The fourth-order valence-corrected chi connectivity index (χ4v) is 2.49. The third-order valence-electron chi connectivity index (χ3n) is 4.14. The number of amides is 1. The molecule has 1 heterocycles. The lowest BCUT2D eigenvalue weighted by Crippen LogP contribution is -2.43. The lowest BCUT2D eigenvalue weighted by Gasteiger charge is -2.41. The van der Waals surface area contributed by atoms with Crippen LogP contribution in [-0.4, -0.2) is 34.9 Å². The molecular formula is C12H23N3O2. The molecule has 98 valence electrons. The number of piperidine rings is 1. The third kappa shape index (κ3) is 3.35. The number of carbonyl (C=O) groups excluding carboxylic acids is 1. The van der Waals surface area contributed by atoms with Crippen molar-refractivity contribution in [2.75, 3.05) is 13.1 Å². The van der Waals surface area contributed by atoms with Gasteiger partial charge in [-0.1, -0.05) is 31.8 Å². The van der Waals surface area contributed by atoms with Gasteiger partial charge in [0, 0.05) is 13.1 Å². The van der Waals surface area contributed by atoms with Crippen molar-refractivity contribution in [3.8, 4) is 0 Å². The molecule has 17 heavy (non-hydrogen) atoms. The summed E-state index contributed by atoms with van der Waals surface area (Å²) < 4.78 is 0.